The highest BCUT2D eigenvalue weighted by Crippen LogP contribution is 2.03. The Kier molecular flexibility index (Phi) is 4.72. The van der Waals surface area contributed by atoms with Crippen LogP contribution in [-0.4, -0.2) is 39.0 Å². The van der Waals surface area contributed by atoms with Gasteiger partial charge in [-0.05, 0) is 29.8 Å². The Morgan fingerprint density at radius 1 is 1.40 bits per heavy atom. The lowest BCUT2D eigenvalue weighted by molar-refractivity contribution is 0.0949. The number of nitrogens with two attached hydrogens (primary N) is 2. The molecule has 1 atom stereocenters. The molecule has 0 bridgehead atoms. The van der Waals surface area contributed by atoms with Gasteiger partial charge in [-0.25, -0.2) is 0 Å². The molecule has 4 N–H and O–H groups in total. The van der Waals surface area contributed by atoms with Gasteiger partial charge in [0.25, 0.3) is 0 Å². The average Bonchev–Trinajstić information content (AvgIpc) is 2.29. The van der Waals surface area contributed by atoms with Gasteiger partial charge in [-0.1, -0.05) is 6.42 Å². The maximum absolute atomic E-state index is 11.6. The molecule has 0 aliphatic rings. The van der Waals surface area contributed by atoms with Crippen molar-refractivity contribution in [3.63, 3.8) is 0 Å². The molecule has 0 aromatic carbocycles. The molecule has 1 rings (SSSR count). The van der Waals surface area contributed by atoms with Crippen LogP contribution in [-0.2, 0) is 0 Å². The van der Waals surface area contributed by atoms with Gasteiger partial charge < -0.3 is 11.5 Å². The normalized spacial score (nSPS) is 12.4. The number of hydrogen-bond acceptors (Lipinski definition) is 7. The number of hydrogen-bond donors (Lipinski definition) is 2. The molecule has 0 amide bonds. The summed E-state index contributed by atoms with van der Waals surface area (Å²) in [6.45, 7) is 0.609. The van der Waals surface area contributed by atoms with Crippen LogP contribution in [0.2, 0.25) is 0 Å². The summed E-state index contributed by atoms with van der Waals surface area (Å²) in [5, 5.41) is 13.5. The van der Waals surface area contributed by atoms with E-state index in [0.29, 0.717) is 13.0 Å². The predicted octanol–water partition coefficient (Wildman–Crippen LogP) is -1.09. The zero-order valence-corrected chi connectivity index (χ0v) is 8.33. The van der Waals surface area contributed by atoms with E-state index in [1.165, 1.54) is 6.20 Å². The summed E-state index contributed by atoms with van der Waals surface area (Å²) < 4.78 is 0. The van der Waals surface area contributed by atoms with Gasteiger partial charge in [-0.3, -0.25) is 4.79 Å². The van der Waals surface area contributed by atoms with E-state index in [2.05, 4.69) is 20.6 Å². The number of unbranched alkanes of at least 4 members (excludes halogenated alkanes) is 1. The van der Waals surface area contributed by atoms with Crippen molar-refractivity contribution in [2.45, 2.75) is 25.3 Å². The van der Waals surface area contributed by atoms with Crippen molar-refractivity contribution < 1.29 is 4.79 Å². The third-order valence-corrected chi connectivity index (χ3v) is 1.98. The van der Waals surface area contributed by atoms with Crippen molar-refractivity contribution in [2.75, 3.05) is 6.54 Å². The lowest BCUT2D eigenvalue weighted by Gasteiger charge is -2.07. The van der Waals surface area contributed by atoms with Crippen LogP contribution in [0.3, 0.4) is 0 Å². The molecule has 1 heterocycles. The molecule has 0 aliphatic carbocycles. The van der Waals surface area contributed by atoms with Crippen molar-refractivity contribution in [3.8, 4) is 0 Å². The zero-order valence-electron chi connectivity index (χ0n) is 8.33. The van der Waals surface area contributed by atoms with Gasteiger partial charge in [0.1, 0.15) is 0 Å². The lowest BCUT2D eigenvalue weighted by Crippen LogP contribution is -2.31. The Morgan fingerprint density at radius 3 is 2.80 bits per heavy atom. The van der Waals surface area contributed by atoms with Crippen LogP contribution >= 0.6 is 0 Å². The van der Waals surface area contributed by atoms with Gasteiger partial charge in [-0.15, -0.1) is 10.2 Å². The average molecular weight is 210 g/mol. The minimum atomic E-state index is -0.560. The summed E-state index contributed by atoms with van der Waals surface area (Å²) in [4.78, 5) is 11.6. The summed E-state index contributed by atoms with van der Waals surface area (Å²) in [6.07, 6.45) is 3.55. The highest BCUT2D eigenvalue weighted by atomic mass is 16.1. The van der Waals surface area contributed by atoms with Crippen LogP contribution in [0.15, 0.2) is 6.20 Å². The van der Waals surface area contributed by atoms with E-state index in [0.717, 1.165) is 12.8 Å². The third-order valence-electron chi connectivity index (χ3n) is 1.98. The molecule has 1 aromatic rings. The molecule has 1 aromatic heterocycles. The smallest absolute Gasteiger partial charge is 0.201 e. The Hall–Kier alpha value is -1.47. The molecular weight excluding hydrogens is 196 g/mol. The number of carbonyl (C=O) groups excluding carboxylic acids is 1. The van der Waals surface area contributed by atoms with Gasteiger partial charge >= 0.3 is 0 Å². The number of aromatic nitrogens is 4. The van der Waals surface area contributed by atoms with Gasteiger partial charge in [0.15, 0.2) is 5.69 Å². The maximum Gasteiger partial charge on any atom is 0.201 e. The van der Waals surface area contributed by atoms with E-state index < -0.39 is 6.04 Å². The van der Waals surface area contributed by atoms with Gasteiger partial charge in [-0.2, -0.15) is 0 Å². The summed E-state index contributed by atoms with van der Waals surface area (Å²) in [6, 6.07) is -0.560. The molecule has 0 saturated heterocycles. The molecule has 82 valence electrons. The minimum Gasteiger partial charge on any atom is -0.330 e. The Morgan fingerprint density at radius 2 is 2.20 bits per heavy atom. The van der Waals surface area contributed by atoms with E-state index in [1.54, 1.807) is 0 Å². The second kappa shape index (κ2) is 6.10. The Balaban J connectivity index is 2.46. The van der Waals surface area contributed by atoms with Gasteiger partial charge in [0.05, 0.1) is 12.2 Å². The Labute approximate surface area is 87.2 Å². The van der Waals surface area contributed by atoms with Crippen molar-refractivity contribution in [3.05, 3.63) is 11.9 Å². The first-order valence-corrected chi connectivity index (χ1v) is 4.76. The summed E-state index contributed by atoms with van der Waals surface area (Å²) in [5.41, 5.74) is 11.2. The van der Waals surface area contributed by atoms with Crippen molar-refractivity contribution >= 4 is 5.78 Å². The number of nitrogens with zero attached hydrogens (tertiary/aromatic N) is 4. The second-order valence-electron chi connectivity index (χ2n) is 3.16. The minimum absolute atomic E-state index is 0.158. The molecule has 0 aliphatic heterocycles. The standard InChI is InChI=1S/C8H14N6O/c9-4-2-1-3-6(10)8(15)7-5-11-13-14-12-7/h5-6H,1-4,9-10H2/t6-/m0/s1. The molecule has 15 heavy (non-hydrogen) atoms. The Bertz CT molecular complexity index is 303. The molecule has 0 radical (unpaired) electrons. The molecule has 7 heteroatoms. The zero-order chi connectivity index (χ0) is 11.1. The van der Waals surface area contributed by atoms with Gasteiger partial charge in [0.2, 0.25) is 5.78 Å². The number of Topliss-reactive ketones (excluding diaryl/α,β-unsaturated/α-hetero) is 1. The fourth-order valence-corrected chi connectivity index (χ4v) is 1.14. The number of ketones is 1. The van der Waals surface area contributed by atoms with E-state index in [9.17, 15) is 4.79 Å². The maximum atomic E-state index is 11.6. The van der Waals surface area contributed by atoms with Crippen molar-refractivity contribution in [1.82, 2.24) is 20.6 Å². The summed E-state index contributed by atoms with van der Waals surface area (Å²) in [5.74, 6) is -0.255. The highest BCUT2D eigenvalue weighted by Gasteiger charge is 2.17. The lowest BCUT2D eigenvalue weighted by atomic mass is 10.0. The highest BCUT2D eigenvalue weighted by molar-refractivity contribution is 5.97. The van der Waals surface area contributed by atoms with E-state index in [1.807, 2.05) is 0 Å². The number of carbonyl (C=O) groups is 1. The fourth-order valence-electron chi connectivity index (χ4n) is 1.14. The quantitative estimate of drug-likeness (QED) is 0.451. The van der Waals surface area contributed by atoms with E-state index in [-0.39, 0.29) is 11.5 Å². The SMILES string of the molecule is NCCCC[C@H](N)C(=O)c1cnnnn1. The van der Waals surface area contributed by atoms with Crippen molar-refractivity contribution in [1.29, 1.82) is 0 Å². The molecule has 0 fully saturated rings. The first-order chi connectivity index (χ1) is 7.25. The molecule has 7 nitrogen and oxygen atoms in total. The summed E-state index contributed by atoms with van der Waals surface area (Å²) >= 11 is 0. The van der Waals surface area contributed by atoms with Crippen LogP contribution in [0.5, 0.6) is 0 Å². The van der Waals surface area contributed by atoms with E-state index >= 15 is 0 Å². The monoisotopic (exact) mass is 210 g/mol. The van der Waals surface area contributed by atoms with Crippen LogP contribution in [0.4, 0.5) is 0 Å². The predicted molar refractivity (Wildman–Crippen MR) is 52.8 cm³/mol. The largest absolute Gasteiger partial charge is 0.330 e. The molecule has 0 saturated carbocycles. The van der Waals surface area contributed by atoms with Crippen LogP contribution in [0, 0.1) is 0 Å². The van der Waals surface area contributed by atoms with Crippen LogP contribution < -0.4 is 11.5 Å². The molecule has 0 spiro atoms. The van der Waals surface area contributed by atoms with Crippen molar-refractivity contribution in [2.24, 2.45) is 11.5 Å². The molecule has 0 unspecified atom stereocenters. The third kappa shape index (κ3) is 3.64. The topological polar surface area (TPSA) is 121 Å². The summed E-state index contributed by atoms with van der Waals surface area (Å²) in [7, 11) is 0. The first kappa shape index (κ1) is 11.6. The van der Waals surface area contributed by atoms with Crippen LogP contribution in [0.25, 0.3) is 0 Å². The number of rotatable bonds is 6. The second-order valence-corrected chi connectivity index (χ2v) is 3.16. The van der Waals surface area contributed by atoms with Crippen LogP contribution in [0.1, 0.15) is 29.8 Å². The molecular formula is C8H14N6O. The fraction of sp³-hybridized carbons (Fsp3) is 0.625. The van der Waals surface area contributed by atoms with Gasteiger partial charge in [0, 0.05) is 0 Å². The van der Waals surface area contributed by atoms with E-state index in [4.69, 9.17) is 11.5 Å². The first-order valence-electron chi connectivity index (χ1n) is 4.76.